The smallest absolute Gasteiger partial charge is 0.270 e. The first-order chi connectivity index (χ1) is 18.7. The molecular weight excluding hydrogens is 544 g/mol. The lowest BCUT2D eigenvalue weighted by Gasteiger charge is -2.34. The first kappa shape index (κ1) is 24.1. The van der Waals surface area contributed by atoms with Gasteiger partial charge in [-0.1, -0.05) is 29.3 Å². The highest BCUT2D eigenvalue weighted by atomic mass is 35.5. The molecule has 1 spiro atoms. The molecule has 4 heterocycles. The van der Waals surface area contributed by atoms with E-state index in [0.717, 1.165) is 42.8 Å². The van der Waals surface area contributed by atoms with E-state index in [1.165, 1.54) is 22.5 Å². The quantitative estimate of drug-likeness (QED) is 0.331. The molecule has 0 radical (unpaired) electrons. The molecule has 0 unspecified atom stereocenters. The largest absolute Gasteiger partial charge is 0.338 e. The lowest BCUT2D eigenvalue weighted by atomic mass is 9.86. The minimum atomic E-state index is -0.621. The molecule has 1 amide bonds. The number of carbonyl (C=O) groups is 1. The van der Waals surface area contributed by atoms with Crippen LogP contribution in [0.15, 0.2) is 53.7 Å². The fraction of sp³-hybridized carbons (Fsp3) is 0.222. The van der Waals surface area contributed by atoms with Crippen molar-refractivity contribution in [1.82, 2.24) is 28.8 Å². The number of hydrogen-bond acceptors (Lipinski definition) is 6. The van der Waals surface area contributed by atoms with Crippen molar-refractivity contribution in [2.45, 2.75) is 31.7 Å². The van der Waals surface area contributed by atoms with Gasteiger partial charge in [-0.3, -0.25) is 14.0 Å². The van der Waals surface area contributed by atoms with Crippen LogP contribution in [-0.2, 0) is 16.8 Å². The average molecular weight is 564 g/mol. The van der Waals surface area contributed by atoms with Gasteiger partial charge < -0.3 is 10.2 Å². The van der Waals surface area contributed by atoms with E-state index in [0.29, 0.717) is 12.2 Å². The second kappa shape index (κ2) is 8.49. The normalized spacial score (nSPS) is 15.6. The predicted octanol–water partition coefficient (Wildman–Crippen LogP) is 5.01. The topological polar surface area (TPSA) is 97.4 Å². The summed E-state index contributed by atoms with van der Waals surface area (Å²) < 4.78 is 16.7. The van der Waals surface area contributed by atoms with Gasteiger partial charge in [-0.2, -0.15) is 4.98 Å². The summed E-state index contributed by atoms with van der Waals surface area (Å²) in [6, 6.07) is 8.30. The number of nitrogens with one attached hydrogen (secondary N) is 1. The van der Waals surface area contributed by atoms with Crippen molar-refractivity contribution in [3.8, 4) is 5.69 Å². The SMILES string of the molecule is CC(=O)N1Cc2cc(Nc3ncc4c(=O)n(-c5c(Cl)cc(F)cc5Cl)c5nccn5c4n3)ccc2C2(CC2)C1. The van der Waals surface area contributed by atoms with Crippen molar-refractivity contribution in [2.24, 2.45) is 0 Å². The van der Waals surface area contributed by atoms with Crippen LogP contribution in [0.2, 0.25) is 10.0 Å². The van der Waals surface area contributed by atoms with Crippen LogP contribution in [-0.4, -0.2) is 41.3 Å². The third-order valence-electron chi connectivity index (χ3n) is 7.54. The molecule has 9 nitrogen and oxygen atoms in total. The Bertz CT molecular complexity index is 1890. The number of nitrogens with zero attached hydrogens (tertiary/aromatic N) is 6. The van der Waals surface area contributed by atoms with Gasteiger partial charge in [0.05, 0.1) is 15.7 Å². The van der Waals surface area contributed by atoms with E-state index in [2.05, 4.69) is 26.3 Å². The number of fused-ring (bicyclic) bond motifs is 5. The molecule has 0 atom stereocenters. The van der Waals surface area contributed by atoms with Crippen LogP contribution in [0.5, 0.6) is 0 Å². The number of carbonyl (C=O) groups excluding carboxylic acids is 1. The maximum absolute atomic E-state index is 13.8. The van der Waals surface area contributed by atoms with E-state index in [4.69, 9.17) is 23.2 Å². The molecule has 5 aromatic rings. The summed E-state index contributed by atoms with van der Waals surface area (Å²) in [5.74, 6) is -0.0564. The molecule has 39 heavy (non-hydrogen) atoms. The maximum Gasteiger partial charge on any atom is 0.270 e. The molecule has 196 valence electrons. The molecule has 2 aliphatic rings. The van der Waals surface area contributed by atoms with E-state index >= 15 is 0 Å². The molecular formula is C27H20Cl2FN7O2. The lowest BCUT2D eigenvalue weighted by molar-refractivity contribution is -0.130. The standard InChI is InChI=1S/C27H20Cl2FN7O2/c1-14(38)35-12-15-8-17(2-3-19(15)27(13-35)4-5-27)33-25-32-11-18-23(34-25)36-7-6-31-26(36)37(24(18)39)22-20(28)9-16(30)10-21(22)29/h2-3,6-11H,4-5,12-13H2,1H3,(H,32,33,34). The van der Waals surface area contributed by atoms with E-state index in [1.54, 1.807) is 17.5 Å². The van der Waals surface area contributed by atoms with Crippen molar-refractivity contribution in [1.29, 1.82) is 0 Å². The second-order valence-corrected chi connectivity index (χ2v) is 10.9. The molecule has 1 saturated carbocycles. The molecule has 0 bridgehead atoms. The zero-order valence-electron chi connectivity index (χ0n) is 20.6. The number of hydrogen-bond donors (Lipinski definition) is 1. The Hall–Kier alpha value is -4.02. The van der Waals surface area contributed by atoms with Crippen LogP contribution < -0.4 is 10.9 Å². The highest BCUT2D eigenvalue weighted by Gasteiger charge is 2.49. The van der Waals surface area contributed by atoms with Gasteiger partial charge in [0.2, 0.25) is 17.6 Å². The van der Waals surface area contributed by atoms with Crippen molar-refractivity contribution in [3.05, 3.63) is 86.3 Å². The number of halogens is 3. The van der Waals surface area contributed by atoms with Crippen LogP contribution in [0.25, 0.3) is 22.5 Å². The Morgan fingerprint density at radius 2 is 1.90 bits per heavy atom. The van der Waals surface area contributed by atoms with Crippen LogP contribution in [0.3, 0.4) is 0 Å². The Labute approximate surface area is 230 Å². The molecule has 1 N–H and O–H groups in total. The van der Waals surface area contributed by atoms with Gasteiger partial charge >= 0.3 is 0 Å². The number of rotatable bonds is 3. The molecule has 2 aromatic carbocycles. The fourth-order valence-corrected chi connectivity index (χ4v) is 6.15. The fourth-order valence-electron chi connectivity index (χ4n) is 5.52. The van der Waals surface area contributed by atoms with Crippen molar-refractivity contribution in [3.63, 3.8) is 0 Å². The summed E-state index contributed by atoms with van der Waals surface area (Å²) in [6.07, 6.45) is 6.75. The minimum absolute atomic E-state index is 0.0331. The molecule has 12 heteroatoms. The van der Waals surface area contributed by atoms with Gasteiger partial charge in [0, 0.05) is 49.7 Å². The first-order valence-electron chi connectivity index (χ1n) is 12.3. The van der Waals surface area contributed by atoms with Crippen LogP contribution >= 0.6 is 23.2 Å². The number of benzene rings is 2. The van der Waals surface area contributed by atoms with Gasteiger partial charge in [0.25, 0.3) is 5.56 Å². The van der Waals surface area contributed by atoms with Crippen LogP contribution in [0, 0.1) is 5.82 Å². The molecule has 1 fully saturated rings. The summed E-state index contributed by atoms with van der Waals surface area (Å²) in [6.45, 7) is 2.93. The van der Waals surface area contributed by atoms with Gasteiger partial charge in [0.1, 0.15) is 11.2 Å². The molecule has 0 saturated heterocycles. The monoisotopic (exact) mass is 563 g/mol. The zero-order valence-corrected chi connectivity index (χ0v) is 22.1. The number of anilines is 2. The molecule has 1 aliphatic heterocycles. The maximum atomic E-state index is 13.8. The predicted molar refractivity (Wildman–Crippen MR) is 146 cm³/mol. The summed E-state index contributed by atoms with van der Waals surface area (Å²) in [5.41, 5.74) is 3.19. The average Bonchev–Trinajstić information content (AvgIpc) is 3.47. The van der Waals surface area contributed by atoms with Crippen molar-refractivity contribution in [2.75, 3.05) is 11.9 Å². The second-order valence-electron chi connectivity index (χ2n) is 10.0. The summed E-state index contributed by atoms with van der Waals surface area (Å²) in [5, 5.41) is 3.36. The van der Waals surface area contributed by atoms with Gasteiger partial charge in [-0.05, 0) is 48.2 Å². The number of imidazole rings is 1. The Morgan fingerprint density at radius 3 is 2.62 bits per heavy atom. The van der Waals surface area contributed by atoms with Crippen molar-refractivity contribution >= 4 is 57.6 Å². The van der Waals surface area contributed by atoms with Gasteiger partial charge in [0.15, 0.2) is 5.65 Å². The first-order valence-corrected chi connectivity index (χ1v) is 13.1. The van der Waals surface area contributed by atoms with E-state index < -0.39 is 11.4 Å². The highest BCUT2D eigenvalue weighted by Crippen LogP contribution is 2.52. The Morgan fingerprint density at radius 1 is 1.13 bits per heavy atom. The molecule has 3 aromatic heterocycles. The van der Waals surface area contributed by atoms with Crippen LogP contribution in [0.1, 0.15) is 30.9 Å². The lowest BCUT2D eigenvalue weighted by Crippen LogP contribution is -2.40. The molecule has 1 aliphatic carbocycles. The van der Waals surface area contributed by atoms with Crippen LogP contribution in [0.4, 0.5) is 16.0 Å². The van der Waals surface area contributed by atoms with Gasteiger partial charge in [-0.25, -0.2) is 18.9 Å². The summed E-state index contributed by atoms with van der Waals surface area (Å²) in [7, 11) is 0. The Kier molecular flexibility index (Phi) is 5.24. The Balaban J connectivity index is 1.31. The summed E-state index contributed by atoms with van der Waals surface area (Å²) >= 11 is 12.6. The van der Waals surface area contributed by atoms with Crippen molar-refractivity contribution < 1.29 is 9.18 Å². The van der Waals surface area contributed by atoms with Gasteiger partial charge in [-0.15, -0.1) is 0 Å². The highest BCUT2D eigenvalue weighted by molar-refractivity contribution is 6.37. The zero-order chi connectivity index (χ0) is 27.1. The number of amides is 1. The molecule has 7 rings (SSSR count). The number of aromatic nitrogens is 5. The third-order valence-corrected chi connectivity index (χ3v) is 8.12. The minimum Gasteiger partial charge on any atom is -0.338 e. The third kappa shape index (κ3) is 3.77. The van der Waals surface area contributed by atoms with E-state index in [-0.39, 0.29) is 44.2 Å². The van der Waals surface area contributed by atoms with E-state index in [9.17, 15) is 14.0 Å². The van der Waals surface area contributed by atoms with E-state index in [1.807, 2.05) is 17.0 Å². The summed E-state index contributed by atoms with van der Waals surface area (Å²) in [4.78, 5) is 40.9.